The normalized spacial score (nSPS) is 23.7. The zero-order valence-corrected chi connectivity index (χ0v) is 21.7. The Balaban J connectivity index is 1.28. The molecule has 6 heterocycles. The largest absolute Gasteiger partial charge is 0.481 e. The van der Waals surface area contributed by atoms with Gasteiger partial charge in [-0.25, -0.2) is 9.97 Å². The van der Waals surface area contributed by atoms with Gasteiger partial charge >= 0.3 is 6.18 Å². The van der Waals surface area contributed by atoms with Gasteiger partial charge in [-0.05, 0) is 31.6 Å². The predicted octanol–water partition coefficient (Wildman–Crippen LogP) is 3.72. The van der Waals surface area contributed by atoms with Crippen LogP contribution < -0.4 is 15.0 Å². The molecule has 3 fully saturated rings. The molecule has 4 aliphatic heterocycles. The minimum absolute atomic E-state index is 0.0946. The van der Waals surface area contributed by atoms with Crippen molar-refractivity contribution in [2.24, 2.45) is 0 Å². The summed E-state index contributed by atoms with van der Waals surface area (Å²) in [5.74, 6) is -0.0863. The summed E-state index contributed by atoms with van der Waals surface area (Å²) < 4.78 is 54.4. The van der Waals surface area contributed by atoms with Crippen LogP contribution in [-0.4, -0.2) is 84.2 Å². The molecule has 1 amide bonds. The zero-order valence-electron chi connectivity index (χ0n) is 21.7. The second-order valence-corrected chi connectivity index (χ2v) is 10.4. The zero-order chi connectivity index (χ0) is 27.3. The lowest BCUT2D eigenvalue weighted by atomic mass is 9.92. The molecule has 3 saturated heterocycles. The second-order valence-electron chi connectivity index (χ2n) is 10.4. The molecule has 0 spiro atoms. The lowest BCUT2D eigenvalue weighted by molar-refractivity contribution is -0.143. The Hall–Kier alpha value is -3.38. The van der Waals surface area contributed by atoms with Crippen LogP contribution in [0.3, 0.4) is 0 Å². The number of nitrogens with one attached hydrogen (secondary N) is 1. The molecule has 0 radical (unpaired) electrons. The number of amides is 1. The van der Waals surface area contributed by atoms with Crippen LogP contribution in [0.1, 0.15) is 42.3 Å². The predicted molar refractivity (Wildman–Crippen MR) is 138 cm³/mol. The van der Waals surface area contributed by atoms with Crippen molar-refractivity contribution in [2.45, 2.75) is 37.6 Å². The van der Waals surface area contributed by atoms with Gasteiger partial charge in [0.15, 0.2) is 11.4 Å². The number of carbonyl (C=O) groups excluding carboxylic acids is 1. The maximum absolute atomic E-state index is 14.3. The van der Waals surface area contributed by atoms with Gasteiger partial charge in [-0.1, -0.05) is 6.58 Å². The van der Waals surface area contributed by atoms with Crippen molar-refractivity contribution in [3.63, 3.8) is 0 Å². The maximum atomic E-state index is 14.3. The maximum Gasteiger partial charge on any atom is 0.437 e. The van der Waals surface area contributed by atoms with Crippen LogP contribution in [0.5, 0.6) is 5.75 Å². The molecule has 2 atom stereocenters. The lowest BCUT2D eigenvalue weighted by Crippen LogP contribution is -2.52. The molecule has 208 valence electrons. The highest BCUT2D eigenvalue weighted by atomic mass is 19.4. The summed E-state index contributed by atoms with van der Waals surface area (Å²) in [5.41, 5.74) is 1.13. The third kappa shape index (κ3) is 4.80. The summed E-state index contributed by atoms with van der Waals surface area (Å²) in [6.45, 7) is 10.2. The van der Waals surface area contributed by atoms with Gasteiger partial charge in [-0.3, -0.25) is 9.69 Å². The Labute approximate surface area is 224 Å². The summed E-state index contributed by atoms with van der Waals surface area (Å²) in [7, 11) is 0. The molecule has 6 rings (SSSR count). The Morgan fingerprint density at radius 2 is 1.97 bits per heavy atom. The number of hydrogen-bond donors (Lipinski definition) is 1. The highest BCUT2D eigenvalue weighted by molar-refractivity contribution is 5.87. The Morgan fingerprint density at radius 3 is 2.69 bits per heavy atom. The topological polar surface area (TPSA) is 83.1 Å². The summed E-state index contributed by atoms with van der Waals surface area (Å²) in [4.78, 5) is 26.6. The van der Waals surface area contributed by atoms with E-state index in [0.717, 1.165) is 12.1 Å². The molecule has 4 aliphatic rings. The van der Waals surface area contributed by atoms with Crippen molar-refractivity contribution < 1.29 is 27.4 Å². The first-order valence-corrected chi connectivity index (χ1v) is 13.3. The SMILES string of the molecule is C=CC(=O)N1CC[C@H](N2CC(c3cc4c(c(C(F)(F)F)n3)O[C@H](C)c3c(N5CCOCC5)ccnc3N4)C2)C1. The van der Waals surface area contributed by atoms with Crippen molar-refractivity contribution >= 4 is 23.1 Å². The van der Waals surface area contributed by atoms with Crippen molar-refractivity contribution in [2.75, 3.05) is 62.7 Å². The van der Waals surface area contributed by atoms with Gasteiger partial charge in [0, 0.05) is 68.8 Å². The van der Waals surface area contributed by atoms with E-state index in [2.05, 4.69) is 31.7 Å². The first kappa shape index (κ1) is 25.9. The molecular formula is C27H31F3N6O3. The summed E-state index contributed by atoms with van der Waals surface area (Å²) >= 11 is 0. The van der Waals surface area contributed by atoms with Crippen LogP contribution in [-0.2, 0) is 15.7 Å². The van der Waals surface area contributed by atoms with E-state index in [9.17, 15) is 18.0 Å². The minimum atomic E-state index is -4.70. The number of hydrogen-bond acceptors (Lipinski definition) is 8. The second kappa shape index (κ2) is 9.98. The van der Waals surface area contributed by atoms with Gasteiger partial charge in [-0.2, -0.15) is 13.2 Å². The van der Waals surface area contributed by atoms with E-state index < -0.39 is 18.0 Å². The molecular weight excluding hydrogens is 513 g/mol. The Kier molecular flexibility index (Phi) is 6.62. The van der Waals surface area contributed by atoms with Gasteiger partial charge in [-0.15, -0.1) is 0 Å². The highest BCUT2D eigenvalue weighted by Gasteiger charge is 2.43. The number of anilines is 3. The number of alkyl halides is 3. The first-order chi connectivity index (χ1) is 18.7. The molecule has 2 aromatic rings. The lowest BCUT2D eigenvalue weighted by Gasteiger charge is -2.43. The smallest absolute Gasteiger partial charge is 0.437 e. The van der Waals surface area contributed by atoms with Crippen LogP contribution >= 0.6 is 0 Å². The molecule has 0 bridgehead atoms. The van der Waals surface area contributed by atoms with E-state index in [-0.39, 0.29) is 29.3 Å². The molecule has 9 nitrogen and oxygen atoms in total. The molecule has 2 aromatic heterocycles. The number of likely N-dealkylation sites (tertiary alicyclic amines) is 2. The van der Waals surface area contributed by atoms with Crippen LogP contribution in [0.15, 0.2) is 31.0 Å². The van der Waals surface area contributed by atoms with Crippen LogP contribution in [0, 0.1) is 0 Å². The fourth-order valence-corrected chi connectivity index (χ4v) is 5.94. The van der Waals surface area contributed by atoms with Gasteiger partial charge < -0.3 is 24.6 Å². The average Bonchev–Trinajstić information content (AvgIpc) is 3.32. The average molecular weight is 545 g/mol. The quantitative estimate of drug-likeness (QED) is 0.584. The summed E-state index contributed by atoms with van der Waals surface area (Å²) in [6, 6.07) is 3.72. The summed E-state index contributed by atoms with van der Waals surface area (Å²) in [6.07, 6.45) is -1.58. The van der Waals surface area contributed by atoms with Gasteiger partial charge in [0.1, 0.15) is 11.9 Å². The van der Waals surface area contributed by atoms with E-state index in [1.807, 2.05) is 6.07 Å². The number of nitrogens with zero attached hydrogens (tertiary/aromatic N) is 5. The number of rotatable bonds is 4. The standard InChI is InChI=1S/C27H31F3N6O3/c1-3-22(37)35-7-5-18(15-35)36-13-17(14-36)19-12-20-24(25(32-19)27(28,29)30)39-16(2)23-21(4-6-31-26(23)33-20)34-8-10-38-11-9-34/h3-4,6,12,16-18H,1,5,7-11,13-15H2,2H3,(H,31,33)/t16-,18+/m1/s1. The number of fused-ring (bicyclic) bond motifs is 2. The first-order valence-electron chi connectivity index (χ1n) is 13.3. The molecule has 39 heavy (non-hydrogen) atoms. The van der Waals surface area contributed by atoms with Gasteiger partial charge in [0.05, 0.1) is 24.5 Å². The molecule has 0 unspecified atom stereocenters. The van der Waals surface area contributed by atoms with Crippen LogP contribution in [0.2, 0.25) is 0 Å². The van der Waals surface area contributed by atoms with Crippen molar-refractivity contribution in [1.82, 2.24) is 19.8 Å². The number of carbonyl (C=O) groups is 1. The fourth-order valence-electron chi connectivity index (χ4n) is 5.94. The molecule has 0 saturated carbocycles. The van der Waals surface area contributed by atoms with E-state index in [0.29, 0.717) is 69.6 Å². The van der Waals surface area contributed by atoms with Crippen LogP contribution in [0.4, 0.5) is 30.4 Å². The molecule has 12 heteroatoms. The third-order valence-electron chi connectivity index (χ3n) is 8.03. The fraction of sp³-hybridized carbons (Fsp3) is 0.519. The number of pyridine rings is 2. The van der Waals surface area contributed by atoms with Gasteiger partial charge in [0.25, 0.3) is 0 Å². The van der Waals surface area contributed by atoms with Crippen LogP contribution in [0.25, 0.3) is 0 Å². The number of aromatic nitrogens is 2. The van der Waals surface area contributed by atoms with Crippen molar-refractivity contribution in [3.05, 3.63) is 47.9 Å². The van der Waals surface area contributed by atoms with Crippen molar-refractivity contribution in [1.29, 1.82) is 0 Å². The minimum Gasteiger partial charge on any atom is -0.481 e. The van der Waals surface area contributed by atoms with E-state index in [4.69, 9.17) is 9.47 Å². The van der Waals surface area contributed by atoms with Gasteiger partial charge in [0.2, 0.25) is 5.91 Å². The summed E-state index contributed by atoms with van der Waals surface area (Å²) in [5, 5.41) is 3.16. The van der Waals surface area contributed by atoms with Crippen molar-refractivity contribution in [3.8, 4) is 5.75 Å². The van der Waals surface area contributed by atoms with E-state index in [1.54, 1.807) is 24.1 Å². The number of halogens is 3. The highest BCUT2D eigenvalue weighted by Crippen LogP contribution is 2.48. The third-order valence-corrected chi connectivity index (χ3v) is 8.03. The molecule has 0 aliphatic carbocycles. The van der Waals surface area contributed by atoms with E-state index >= 15 is 0 Å². The monoisotopic (exact) mass is 544 g/mol. The number of morpholine rings is 1. The number of ether oxygens (including phenoxy) is 2. The molecule has 0 aromatic carbocycles. The molecule has 1 N–H and O–H groups in total. The Morgan fingerprint density at radius 1 is 1.21 bits per heavy atom. The Bertz CT molecular complexity index is 1280. The van der Waals surface area contributed by atoms with E-state index in [1.165, 1.54) is 6.08 Å².